The van der Waals surface area contributed by atoms with E-state index in [1.165, 1.54) is 0 Å². The van der Waals surface area contributed by atoms with E-state index in [1.54, 1.807) is 7.11 Å². The molecule has 0 saturated heterocycles. The Bertz CT molecular complexity index is 444. The van der Waals surface area contributed by atoms with Crippen molar-refractivity contribution in [3.8, 4) is 5.75 Å². The van der Waals surface area contributed by atoms with E-state index in [4.69, 9.17) is 4.74 Å². The van der Waals surface area contributed by atoms with Crippen molar-refractivity contribution in [1.82, 2.24) is 0 Å². The van der Waals surface area contributed by atoms with E-state index in [1.807, 2.05) is 31.2 Å². The molecule has 0 saturated carbocycles. The zero-order valence-electron chi connectivity index (χ0n) is 9.75. The second kappa shape index (κ2) is 4.52. The molecular formula is C14H16O2. The highest BCUT2D eigenvalue weighted by molar-refractivity contribution is 5.99. The van der Waals surface area contributed by atoms with Gasteiger partial charge in [-0.15, -0.1) is 0 Å². The molecule has 1 aromatic carbocycles. The van der Waals surface area contributed by atoms with Crippen LogP contribution in [0.3, 0.4) is 0 Å². The van der Waals surface area contributed by atoms with Crippen LogP contribution in [0, 0.1) is 0 Å². The number of Topliss-reactive ketones (excluding diaryl/α,β-unsaturated/α-hetero) is 1. The van der Waals surface area contributed by atoms with E-state index < -0.39 is 0 Å². The SMILES string of the molecule is C/C=C/c1c(OC)ccc2c1CCCC2=O. The summed E-state index contributed by atoms with van der Waals surface area (Å²) < 4.78 is 5.34. The average molecular weight is 216 g/mol. The molecule has 0 atom stereocenters. The van der Waals surface area contributed by atoms with Gasteiger partial charge in [0.1, 0.15) is 5.75 Å². The Morgan fingerprint density at radius 3 is 2.81 bits per heavy atom. The number of fused-ring (bicyclic) bond motifs is 1. The molecule has 0 heterocycles. The van der Waals surface area contributed by atoms with Crippen molar-refractivity contribution < 1.29 is 9.53 Å². The molecule has 0 aromatic heterocycles. The van der Waals surface area contributed by atoms with Gasteiger partial charge in [0.05, 0.1) is 7.11 Å². The third kappa shape index (κ3) is 1.75. The molecular weight excluding hydrogens is 200 g/mol. The highest BCUT2D eigenvalue weighted by atomic mass is 16.5. The molecule has 0 bridgehead atoms. The number of carbonyl (C=O) groups is 1. The lowest BCUT2D eigenvalue weighted by Crippen LogP contribution is -2.12. The van der Waals surface area contributed by atoms with Gasteiger partial charge in [-0.1, -0.05) is 12.2 Å². The molecule has 16 heavy (non-hydrogen) atoms. The van der Waals surface area contributed by atoms with Crippen LogP contribution in [0.15, 0.2) is 18.2 Å². The molecule has 2 nitrogen and oxygen atoms in total. The fourth-order valence-electron chi connectivity index (χ4n) is 2.26. The standard InChI is InChI=1S/C14H16O2/c1-3-5-12-10-6-4-7-13(15)11(10)8-9-14(12)16-2/h3,5,8-9H,4,6-7H2,1-2H3/b5-3+. The predicted octanol–water partition coefficient (Wildman–Crippen LogP) is 3.25. The Morgan fingerprint density at radius 1 is 1.31 bits per heavy atom. The summed E-state index contributed by atoms with van der Waals surface area (Å²) in [4.78, 5) is 11.8. The zero-order valence-corrected chi connectivity index (χ0v) is 9.75. The maximum absolute atomic E-state index is 11.8. The molecule has 0 spiro atoms. The van der Waals surface area contributed by atoms with Crippen LogP contribution in [0.4, 0.5) is 0 Å². The number of hydrogen-bond acceptors (Lipinski definition) is 2. The summed E-state index contributed by atoms with van der Waals surface area (Å²) in [5.41, 5.74) is 3.09. The lowest BCUT2D eigenvalue weighted by Gasteiger charge is -2.19. The molecule has 1 aromatic rings. The molecule has 84 valence electrons. The summed E-state index contributed by atoms with van der Waals surface area (Å²) >= 11 is 0. The van der Waals surface area contributed by atoms with Crippen LogP contribution in [-0.4, -0.2) is 12.9 Å². The second-order valence-electron chi connectivity index (χ2n) is 3.98. The van der Waals surface area contributed by atoms with E-state index in [2.05, 4.69) is 0 Å². The average Bonchev–Trinajstić information content (AvgIpc) is 2.30. The van der Waals surface area contributed by atoms with Gasteiger partial charge in [-0.05, 0) is 37.5 Å². The zero-order chi connectivity index (χ0) is 11.5. The van der Waals surface area contributed by atoms with E-state index in [-0.39, 0.29) is 5.78 Å². The second-order valence-corrected chi connectivity index (χ2v) is 3.98. The minimum absolute atomic E-state index is 0.259. The van der Waals surface area contributed by atoms with Crippen LogP contribution in [0.25, 0.3) is 6.08 Å². The minimum Gasteiger partial charge on any atom is -0.496 e. The summed E-state index contributed by atoms with van der Waals surface area (Å²) in [6.45, 7) is 1.98. The lowest BCUT2D eigenvalue weighted by molar-refractivity contribution is 0.0972. The van der Waals surface area contributed by atoms with Crippen LogP contribution in [-0.2, 0) is 6.42 Å². The third-order valence-corrected chi connectivity index (χ3v) is 3.00. The van der Waals surface area contributed by atoms with Crippen molar-refractivity contribution >= 4 is 11.9 Å². The molecule has 1 aliphatic carbocycles. The summed E-state index contributed by atoms with van der Waals surface area (Å²) in [7, 11) is 1.67. The quantitative estimate of drug-likeness (QED) is 0.758. The first-order chi connectivity index (χ1) is 7.77. The maximum Gasteiger partial charge on any atom is 0.163 e. The van der Waals surface area contributed by atoms with Crippen molar-refractivity contribution in [3.63, 3.8) is 0 Å². The molecule has 0 fully saturated rings. The topological polar surface area (TPSA) is 26.3 Å². The maximum atomic E-state index is 11.8. The van der Waals surface area contributed by atoms with E-state index in [0.29, 0.717) is 6.42 Å². The number of benzene rings is 1. The van der Waals surface area contributed by atoms with Crippen molar-refractivity contribution in [3.05, 3.63) is 34.9 Å². The van der Waals surface area contributed by atoms with Crippen molar-refractivity contribution in [2.24, 2.45) is 0 Å². The number of ketones is 1. The van der Waals surface area contributed by atoms with Gasteiger partial charge in [0, 0.05) is 17.5 Å². The number of allylic oxidation sites excluding steroid dienone is 1. The van der Waals surface area contributed by atoms with Crippen LogP contribution >= 0.6 is 0 Å². The monoisotopic (exact) mass is 216 g/mol. The largest absolute Gasteiger partial charge is 0.496 e. The fraction of sp³-hybridized carbons (Fsp3) is 0.357. The summed E-state index contributed by atoms with van der Waals surface area (Å²) in [5.74, 6) is 1.11. The first-order valence-electron chi connectivity index (χ1n) is 5.63. The molecule has 2 heteroatoms. The van der Waals surface area contributed by atoms with Gasteiger partial charge in [0.2, 0.25) is 0 Å². The van der Waals surface area contributed by atoms with E-state index in [9.17, 15) is 4.79 Å². The normalized spacial score (nSPS) is 15.2. The number of carbonyl (C=O) groups excluding carboxylic acids is 1. The molecule has 0 amide bonds. The Labute approximate surface area is 95.9 Å². The van der Waals surface area contributed by atoms with Crippen LogP contribution in [0.1, 0.15) is 41.3 Å². The highest BCUT2D eigenvalue weighted by Crippen LogP contribution is 2.31. The number of methoxy groups -OCH3 is 1. The molecule has 1 aliphatic rings. The number of ether oxygens (including phenoxy) is 1. The molecule has 0 N–H and O–H groups in total. The van der Waals surface area contributed by atoms with E-state index >= 15 is 0 Å². The molecule has 0 unspecified atom stereocenters. The Hall–Kier alpha value is -1.57. The summed E-state index contributed by atoms with van der Waals surface area (Å²) in [5, 5.41) is 0. The number of rotatable bonds is 2. The third-order valence-electron chi connectivity index (χ3n) is 3.00. The van der Waals surface area contributed by atoms with Gasteiger partial charge in [-0.25, -0.2) is 0 Å². The van der Waals surface area contributed by atoms with Gasteiger partial charge in [-0.3, -0.25) is 4.79 Å². The molecule has 2 rings (SSSR count). The predicted molar refractivity (Wildman–Crippen MR) is 65.0 cm³/mol. The van der Waals surface area contributed by atoms with E-state index in [0.717, 1.165) is 35.3 Å². The molecule has 0 radical (unpaired) electrons. The fourth-order valence-corrected chi connectivity index (χ4v) is 2.26. The van der Waals surface area contributed by atoms with Crippen molar-refractivity contribution in [2.45, 2.75) is 26.2 Å². The smallest absolute Gasteiger partial charge is 0.163 e. The van der Waals surface area contributed by atoms with Crippen LogP contribution < -0.4 is 4.74 Å². The molecule has 0 aliphatic heterocycles. The minimum atomic E-state index is 0.259. The first kappa shape index (κ1) is 10.9. The van der Waals surface area contributed by atoms with Gasteiger partial charge >= 0.3 is 0 Å². The van der Waals surface area contributed by atoms with Crippen molar-refractivity contribution in [2.75, 3.05) is 7.11 Å². The summed E-state index contributed by atoms with van der Waals surface area (Å²) in [6, 6.07) is 3.78. The van der Waals surface area contributed by atoms with Crippen molar-refractivity contribution in [1.29, 1.82) is 0 Å². The first-order valence-corrected chi connectivity index (χ1v) is 5.63. The Balaban J connectivity index is 2.62. The van der Waals surface area contributed by atoms with Gasteiger partial charge in [-0.2, -0.15) is 0 Å². The lowest BCUT2D eigenvalue weighted by atomic mass is 9.87. The van der Waals surface area contributed by atoms with Gasteiger partial charge < -0.3 is 4.74 Å². The Kier molecular flexibility index (Phi) is 3.09. The van der Waals surface area contributed by atoms with Gasteiger partial charge in [0.25, 0.3) is 0 Å². The highest BCUT2D eigenvalue weighted by Gasteiger charge is 2.20. The van der Waals surface area contributed by atoms with Crippen LogP contribution in [0.2, 0.25) is 0 Å². The van der Waals surface area contributed by atoms with Crippen LogP contribution in [0.5, 0.6) is 5.75 Å². The Morgan fingerprint density at radius 2 is 2.12 bits per heavy atom. The number of hydrogen-bond donors (Lipinski definition) is 0. The van der Waals surface area contributed by atoms with Gasteiger partial charge in [0.15, 0.2) is 5.78 Å². The summed E-state index contributed by atoms with van der Waals surface area (Å²) in [6.07, 6.45) is 6.60.